The van der Waals surface area contributed by atoms with E-state index in [-0.39, 0.29) is 0 Å². The minimum absolute atomic E-state index is 0.681. The zero-order valence-electron chi connectivity index (χ0n) is 11.1. The van der Waals surface area contributed by atoms with E-state index in [4.69, 9.17) is 0 Å². The summed E-state index contributed by atoms with van der Waals surface area (Å²) in [6, 6.07) is 7.16. The van der Waals surface area contributed by atoms with Gasteiger partial charge in [-0.15, -0.1) is 0 Å². The molecule has 4 heteroatoms. The molecule has 0 aliphatic carbocycles. The van der Waals surface area contributed by atoms with Crippen LogP contribution in [0.5, 0.6) is 0 Å². The van der Waals surface area contributed by atoms with Gasteiger partial charge in [-0.05, 0) is 49.5 Å². The molecule has 0 saturated carbocycles. The minimum Gasteiger partial charge on any atom is -0.345 e. The van der Waals surface area contributed by atoms with Crippen molar-refractivity contribution >= 4 is 11.0 Å². The Hall–Kier alpha value is -1.39. The van der Waals surface area contributed by atoms with Crippen molar-refractivity contribution in [3.05, 3.63) is 30.1 Å². The van der Waals surface area contributed by atoms with E-state index < -0.39 is 0 Å². The van der Waals surface area contributed by atoms with Crippen LogP contribution in [-0.4, -0.2) is 40.5 Å². The largest absolute Gasteiger partial charge is 0.345 e. The van der Waals surface area contributed by atoms with Gasteiger partial charge in [0.05, 0.1) is 17.4 Å². The van der Waals surface area contributed by atoms with Crippen molar-refractivity contribution < 1.29 is 0 Å². The molecule has 0 spiro atoms. The third-order valence-corrected chi connectivity index (χ3v) is 4.71. The molecule has 2 bridgehead atoms. The highest BCUT2D eigenvalue weighted by Crippen LogP contribution is 2.27. The molecule has 3 fully saturated rings. The quantitative estimate of drug-likeness (QED) is 0.879. The van der Waals surface area contributed by atoms with Crippen molar-refractivity contribution in [3.8, 4) is 0 Å². The molecule has 3 aliphatic rings. The van der Waals surface area contributed by atoms with E-state index in [1.807, 2.05) is 0 Å². The fraction of sp³-hybridized carbons (Fsp3) is 0.533. The number of piperidine rings is 3. The van der Waals surface area contributed by atoms with E-state index in [1.165, 1.54) is 38.0 Å². The maximum absolute atomic E-state index is 4.26. The number of H-pyrrole nitrogens is 1. The number of imidazole rings is 1. The van der Waals surface area contributed by atoms with Crippen LogP contribution >= 0.6 is 0 Å². The van der Waals surface area contributed by atoms with Gasteiger partial charge in [-0.3, -0.25) is 0 Å². The summed E-state index contributed by atoms with van der Waals surface area (Å²) in [6.45, 7) is 4.81. The van der Waals surface area contributed by atoms with E-state index in [0.717, 1.165) is 23.5 Å². The molecule has 100 valence electrons. The molecule has 1 unspecified atom stereocenters. The van der Waals surface area contributed by atoms with Crippen molar-refractivity contribution in [1.82, 2.24) is 20.2 Å². The molecular formula is C15H20N4. The van der Waals surface area contributed by atoms with E-state index in [9.17, 15) is 0 Å². The van der Waals surface area contributed by atoms with Crippen LogP contribution in [0.3, 0.4) is 0 Å². The van der Waals surface area contributed by atoms with Crippen LogP contribution in [-0.2, 0) is 6.54 Å². The standard InChI is InChI=1S/C15H20N4/c1-2-13-14(18-10-17-13)7-11(1)8-16-15-9-19-5-3-12(15)4-6-19/h1-2,7,10,12,15-16H,3-6,8-9H2,(H,17,18). The molecule has 0 amide bonds. The van der Waals surface area contributed by atoms with Gasteiger partial charge in [0, 0.05) is 19.1 Å². The maximum atomic E-state index is 4.26. The number of hydrogen-bond donors (Lipinski definition) is 2. The Labute approximate surface area is 113 Å². The van der Waals surface area contributed by atoms with Crippen LogP contribution in [0.1, 0.15) is 18.4 Å². The first-order valence-corrected chi connectivity index (χ1v) is 7.26. The van der Waals surface area contributed by atoms with Gasteiger partial charge in [0.1, 0.15) is 0 Å². The summed E-state index contributed by atoms with van der Waals surface area (Å²) in [5, 5.41) is 3.75. The molecule has 1 aromatic carbocycles. The predicted octanol–water partition coefficient (Wildman–Crippen LogP) is 1.75. The van der Waals surface area contributed by atoms with Gasteiger partial charge < -0.3 is 15.2 Å². The van der Waals surface area contributed by atoms with Crippen molar-refractivity contribution in [3.63, 3.8) is 0 Å². The summed E-state index contributed by atoms with van der Waals surface area (Å²) in [4.78, 5) is 10.0. The topological polar surface area (TPSA) is 44.0 Å². The zero-order valence-corrected chi connectivity index (χ0v) is 11.1. The highest BCUT2D eigenvalue weighted by atomic mass is 15.2. The average molecular weight is 256 g/mol. The molecule has 3 aliphatic heterocycles. The number of nitrogens with zero attached hydrogens (tertiary/aromatic N) is 2. The Bertz CT molecular complexity index is 568. The molecule has 3 saturated heterocycles. The number of aromatic amines is 1. The SMILES string of the molecule is c1nc2ccc(CNC3CN4CCC3CC4)cc2[nH]1. The molecule has 1 aromatic heterocycles. The number of benzene rings is 1. The molecule has 1 atom stereocenters. The average Bonchev–Trinajstić information content (AvgIpc) is 2.94. The van der Waals surface area contributed by atoms with Gasteiger partial charge >= 0.3 is 0 Å². The normalized spacial score (nSPS) is 30.0. The number of aromatic nitrogens is 2. The molecule has 2 N–H and O–H groups in total. The lowest BCUT2D eigenvalue weighted by atomic mass is 9.84. The summed E-state index contributed by atoms with van der Waals surface area (Å²) < 4.78 is 0. The summed E-state index contributed by atoms with van der Waals surface area (Å²) in [7, 11) is 0. The molecular weight excluding hydrogens is 236 g/mol. The van der Waals surface area contributed by atoms with E-state index in [1.54, 1.807) is 6.33 Å². The molecule has 0 radical (unpaired) electrons. The van der Waals surface area contributed by atoms with Crippen LogP contribution in [0, 0.1) is 5.92 Å². The van der Waals surface area contributed by atoms with Gasteiger partial charge in [-0.2, -0.15) is 0 Å². The first-order chi connectivity index (χ1) is 9.38. The zero-order chi connectivity index (χ0) is 12.7. The van der Waals surface area contributed by atoms with Crippen LogP contribution in [0.25, 0.3) is 11.0 Å². The van der Waals surface area contributed by atoms with Crippen molar-refractivity contribution in [2.45, 2.75) is 25.4 Å². The molecule has 4 heterocycles. The highest BCUT2D eigenvalue weighted by Gasteiger charge is 2.33. The molecule has 19 heavy (non-hydrogen) atoms. The third kappa shape index (κ3) is 2.15. The first kappa shape index (κ1) is 11.4. The molecule has 5 rings (SSSR count). The fourth-order valence-electron chi connectivity index (χ4n) is 3.54. The fourth-order valence-corrected chi connectivity index (χ4v) is 3.54. The van der Waals surface area contributed by atoms with Crippen molar-refractivity contribution in [2.24, 2.45) is 5.92 Å². The van der Waals surface area contributed by atoms with Crippen LogP contribution in [0.15, 0.2) is 24.5 Å². The summed E-state index contributed by atoms with van der Waals surface area (Å²) >= 11 is 0. The molecule has 4 nitrogen and oxygen atoms in total. The van der Waals surface area contributed by atoms with Gasteiger partial charge in [0.2, 0.25) is 0 Å². The molecule has 2 aromatic rings. The predicted molar refractivity (Wildman–Crippen MR) is 75.9 cm³/mol. The number of rotatable bonds is 3. The van der Waals surface area contributed by atoms with Gasteiger partial charge in [0.25, 0.3) is 0 Å². The Balaban J connectivity index is 1.44. The summed E-state index contributed by atoms with van der Waals surface area (Å²) in [5.41, 5.74) is 3.52. The number of fused-ring (bicyclic) bond motifs is 4. The Kier molecular flexibility index (Phi) is 2.78. The second-order valence-electron chi connectivity index (χ2n) is 5.88. The van der Waals surface area contributed by atoms with E-state index in [2.05, 4.69) is 38.4 Å². The summed E-state index contributed by atoms with van der Waals surface area (Å²) in [5.74, 6) is 0.890. The van der Waals surface area contributed by atoms with Gasteiger partial charge in [-0.25, -0.2) is 4.98 Å². The van der Waals surface area contributed by atoms with Gasteiger partial charge in [0.15, 0.2) is 0 Å². The lowest BCUT2D eigenvalue weighted by molar-refractivity contribution is 0.0720. The maximum Gasteiger partial charge on any atom is 0.0931 e. The van der Waals surface area contributed by atoms with E-state index in [0.29, 0.717) is 6.04 Å². The minimum atomic E-state index is 0.681. The van der Waals surface area contributed by atoms with E-state index >= 15 is 0 Å². The van der Waals surface area contributed by atoms with Crippen molar-refractivity contribution in [1.29, 1.82) is 0 Å². The summed E-state index contributed by atoms with van der Waals surface area (Å²) in [6.07, 6.45) is 4.50. The monoisotopic (exact) mass is 256 g/mol. The first-order valence-electron chi connectivity index (χ1n) is 7.26. The third-order valence-electron chi connectivity index (χ3n) is 4.71. The van der Waals surface area contributed by atoms with Crippen molar-refractivity contribution in [2.75, 3.05) is 19.6 Å². The lowest BCUT2D eigenvalue weighted by Crippen LogP contribution is -2.55. The van der Waals surface area contributed by atoms with Crippen LogP contribution in [0.2, 0.25) is 0 Å². The van der Waals surface area contributed by atoms with Crippen LogP contribution < -0.4 is 5.32 Å². The second-order valence-corrected chi connectivity index (χ2v) is 5.88. The van der Waals surface area contributed by atoms with Crippen LogP contribution in [0.4, 0.5) is 0 Å². The van der Waals surface area contributed by atoms with Gasteiger partial charge in [-0.1, -0.05) is 6.07 Å². The lowest BCUT2D eigenvalue weighted by Gasteiger charge is -2.45. The second kappa shape index (κ2) is 4.62. The Morgan fingerprint density at radius 3 is 3.00 bits per heavy atom. The Morgan fingerprint density at radius 2 is 2.21 bits per heavy atom. The number of nitrogens with one attached hydrogen (secondary N) is 2. The highest BCUT2D eigenvalue weighted by molar-refractivity contribution is 5.74. The number of hydrogen-bond acceptors (Lipinski definition) is 3. The Morgan fingerprint density at radius 1 is 1.32 bits per heavy atom. The smallest absolute Gasteiger partial charge is 0.0931 e.